The summed E-state index contributed by atoms with van der Waals surface area (Å²) in [5, 5.41) is 7.77. The lowest BCUT2D eigenvalue weighted by molar-refractivity contribution is -0.114. The SMILES string of the molecule is CC(=O)Nc1ccc(C(C)=NNC(=O)c2cc(-c3ccc(OC(C)C)cc3)nc3ccccc23)cc1. The summed E-state index contributed by atoms with van der Waals surface area (Å²) in [6.45, 7) is 7.23. The van der Waals surface area contributed by atoms with Crippen molar-refractivity contribution in [1.29, 1.82) is 0 Å². The smallest absolute Gasteiger partial charge is 0.272 e. The molecule has 0 atom stereocenters. The zero-order chi connectivity index (χ0) is 25.7. The Morgan fingerprint density at radius 3 is 2.28 bits per heavy atom. The largest absolute Gasteiger partial charge is 0.491 e. The molecule has 0 spiro atoms. The molecule has 1 heterocycles. The number of hydrogen-bond donors (Lipinski definition) is 2. The molecule has 2 amide bonds. The molecule has 2 N–H and O–H groups in total. The molecule has 0 aliphatic rings. The first-order valence-corrected chi connectivity index (χ1v) is 11.7. The van der Waals surface area contributed by atoms with Gasteiger partial charge < -0.3 is 10.1 Å². The fraction of sp³-hybridized carbons (Fsp3) is 0.172. The summed E-state index contributed by atoms with van der Waals surface area (Å²) in [5.41, 5.74) is 7.60. The Kier molecular flexibility index (Phi) is 7.39. The van der Waals surface area contributed by atoms with E-state index in [4.69, 9.17) is 9.72 Å². The fourth-order valence-corrected chi connectivity index (χ4v) is 3.75. The highest BCUT2D eigenvalue weighted by molar-refractivity contribution is 6.08. The second-order valence-electron chi connectivity index (χ2n) is 8.66. The molecule has 0 aliphatic heterocycles. The zero-order valence-electron chi connectivity index (χ0n) is 20.7. The van der Waals surface area contributed by atoms with Gasteiger partial charge in [-0.25, -0.2) is 10.4 Å². The van der Waals surface area contributed by atoms with E-state index in [0.717, 1.165) is 27.8 Å². The van der Waals surface area contributed by atoms with Crippen molar-refractivity contribution < 1.29 is 14.3 Å². The van der Waals surface area contributed by atoms with Gasteiger partial charge in [0.2, 0.25) is 5.91 Å². The predicted octanol–water partition coefficient (Wildman–Crippen LogP) is 5.80. The van der Waals surface area contributed by atoms with Gasteiger partial charge in [0.1, 0.15) is 5.75 Å². The predicted molar refractivity (Wildman–Crippen MR) is 143 cm³/mol. The highest BCUT2D eigenvalue weighted by Crippen LogP contribution is 2.26. The Bertz CT molecular complexity index is 1430. The number of hydrogen-bond acceptors (Lipinski definition) is 5. The van der Waals surface area contributed by atoms with Crippen LogP contribution in [0.15, 0.2) is 84.0 Å². The van der Waals surface area contributed by atoms with E-state index in [9.17, 15) is 9.59 Å². The van der Waals surface area contributed by atoms with E-state index < -0.39 is 0 Å². The van der Waals surface area contributed by atoms with Gasteiger partial charge in [0, 0.05) is 23.6 Å². The van der Waals surface area contributed by atoms with Crippen molar-refractivity contribution in [3.8, 4) is 17.0 Å². The molecule has 0 fully saturated rings. The maximum atomic E-state index is 13.2. The number of rotatable bonds is 7. The molecule has 7 nitrogen and oxygen atoms in total. The van der Waals surface area contributed by atoms with E-state index in [1.54, 1.807) is 18.2 Å². The van der Waals surface area contributed by atoms with Crippen LogP contribution in [0.25, 0.3) is 22.2 Å². The molecule has 3 aromatic carbocycles. The van der Waals surface area contributed by atoms with Crippen molar-refractivity contribution in [2.75, 3.05) is 5.32 Å². The lowest BCUT2D eigenvalue weighted by Crippen LogP contribution is -2.20. The van der Waals surface area contributed by atoms with Crippen LogP contribution < -0.4 is 15.5 Å². The Morgan fingerprint density at radius 1 is 0.917 bits per heavy atom. The van der Waals surface area contributed by atoms with E-state index in [1.165, 1.54) is 6.92 Å². The summed E-state index contributed by atoms with van der Waals surface area (Å²) < 4.78 is 5.73. The molecule has 36 heavy (non-hydrogen) atoms. The minimum absolute atomic E-state index is 0.0871. The van der Waals surface area contributed by atoms with E-state index >= 15 is 0 Å². The van der Waals surface area contributed by atoms with Crippen LogP contribution in [-0.2, 0) is 4.79 Å². The van der Waals surface area contributed by atoms with Crippen LogP contribution in [0.3, 0.4) is 0 Å². The minimum Gasteiger partial charge on any atom is -0.491 e. The summed E-state index contributed by atoms with van der Waals surface area (Å²) in [6.07, 6.45) is 0.0871. The second-order valence-corrected chi connectivity index (χ2v) is 8.66. The van der Waals surface area contributed by atoms with Crippen LogP contribution >= 0.6 is 0 Å². The highest BCUT2D eigenvalue weighted by Gasteiger charge is 2.14. The van der Waals surface area contributed by atoms with E-state index in [-0.39, 0.29) is 17.9 Å². The Balaban J connectivity index is 1.60. The van der Waals surface area contributed by atoms with Crippen LogP contribution in [0.2, 0.25) is 0 Å². The normalized spacial score (nSPS) is 11.4. The van der Waals surface area contributed by atoms with Gasteiger partial charge in [-0.1, -0.05) is 30.3 Å². The Labute approximate surface area is 210 Å². The van der Waals surface area contributed by atoms with Crippen molar-refractivity contribution >= 4 is 34.1 Å². The van der Waals surface area contributed by atoms with E-state index in [1.807, 2.05) is 81.4 Å². The lowest BCUT2D eigenvalue weighted by atomic mass is 10.0. The Hall–Kier alpha value is -4.52. The molecule has 0 unspecified atom stereocenters. The molecular formula is C29H28N4O3. The fourth-order valence-electron chi connectivity index (χ4n) is 3.75. The molecule has 0 aliphatic carbocycles. The van der Waals surface area contributed by atoms with Gasteiger partial charge in [-0.3, -0.25) is 9.59 Å². The van der Waals surface area contributed by atoms with Gasteiger partial charge in [0.25, 0.3) is 5.91 Å². The summed E-state index contributed by atoms with van der Waals surface area (Å²) in [7, 11) is 0. The number of carbonyl (C=O) groups is 2. The number of hydrazone groups is 1. The molecule has 0 saturated heterocycles. The van der Waals surface area contributed by atoms with E-state index in [0.29, 0.717) is 22.7 Å². The van der Waals surface area contributed by atoms with Crippen molar-refractivity contribution in [2.24, 2.45) is 5.10 Å². The van der Waals surface area contributed by atoms with Gasteiger partial charge in [-0.15, -0.1) is 0 Å². The summed E-state index contributed by atoms with van der Waals surface area (Å²) >= 11 is 0. The minimum atomic E-state index is -0.330. The van der Waals surface area contributed by atoms with Gasteiger partial charge in [-0.2, -0.15) is 5.10 Å². The maximum absolute atomic E-state index is 13.2. The molecule has 0 saturated carbocycles. The number of benzene rings is 3. The van der Waals surface area contributed by atoms with Gasteiger partial charge >= 0.3 is 0 Å². The number of pyridine rings is 1. The van der Waals surface area contributed by atoms with Crippen molar-refractivity contribution in [2.45, 2.75) is 33.8 Å². The second kappa shape index (κ2) is 10.8. The van der Waals surface area contributed by atoms with E-state index in [2.05, 4.69) is 15.8 Å². The third kappa shape index (κ3) is 5.93. The van der Waals surface area contributed by atoms with Crippen LogP contribution in [0, 0.1) is 0 Å². The summed E-state index contributed by atoms with van der Waals surface area (Å²) in [6, 6.07) is 24.2. The van der Waals surface area contributed by atoms with Crippen molar-refractivity contribution in [1.82, 2.24) is 10.4 Å². The first-order valence-electron chi connectivity index (χ1n) is 11.7. The average molecular weight is 481 g/mol. The van der Waals surface area contributed by atoms with Crippen LogP contribution in [0.1, 0.15) is 43.6 Å². The third-order valence-corrected chi connectivity index (χ3v) is 5.43. The number of anilines is 1. The maximum Gasteiger partial charge on any atom is 0.272 e. The summed E-state index contributed by atoms with van der Waals surface area (Å²) in [4.78, 5) is 29.2. The molecule has 0 bridgehead atoms. The molecular weight excluding hydrogens is 452 g/mol. The standard InChI is InChI=1S/C29H28N4O3/c1-18(2)36-24-15-11-22(12-16-24)28-17-26(25-7-5-6-8-27(25)31-28)29(35)33-32-19(3)21-9-13-23(14-10-21)30-20(4)34/h5-18H,1-4H3,(H,30,34)(H,33,35). The molecule has 182 valence electrons. The molecule has 7 heteroatoms. The number of nitrogens with one attached hydrogen (secondary N) is 2. The van der Waals surface area contributed by atoms with Crippen molar-refractivity contribution in [3.05, 3.63) is 90.0 Å². The van der Waals surface area contributed by atoms with Crippen LogP contribution in [0.4, 0.5) is 5.69 Å². The van der Waals surface area contributed by atoms with Gasteiger partial charge in [-0.05, 0) is 74.9 Å². The highest BCUT2D eigenvalue weighted by atomic mass is 16.5. The number of aromatic nitrogens is 1. The monoisotopic (exact) mass is 480 g/mol. The van der Waals surface area contributed by atoms with Crippen LogP contribution in [-0.4, -0.2) is 28.6 Å². The molecule has 4 rings (SSSR count). The molecule has 0 radical (unpaired) electrons. The number of fused-ring (bicyclic) bond motifs is 1. The van der Waals surface area contributed by atoms with Gasteiger partial charge in [0.05, 0.1) is 28.6 Å². The lowest BCUT2D eigenvalue weighted by Gasteiger charge is -2.12. The summed E-state index contributed by atoms with van der Waals surface area (Å²) in [5.74, 6) is 0.315. The number of amides is 2. The van der Waals surface area contributed by atoms with Gasteiger partial charge in [0.15, 0.2) is 0 Å². The first kappa shape index (κ1) is 24.6. The third-order valence-electron chi connectivity index (χ3n) is 5.43. The van der Waals surface area contributed by atoms with Crippen LogP contribution in [0.5, 0.6) is 5.75 Å². The van der Waals surface area contributed by atoms with Crippen molar-refractivity contribution in [3.63, 3.8) is 0 Å². The molecule has 1 aromatic heterocycles. The number of ether oxygens (including phenoxy) is 1. The Morgan fingerprint density at radius 2 is 1.61 bits per heavy atom. The quantitative estimate of drug-likeness (QED) is 0.258. The topological polar surface area (TPSA) is 92.7 Å². The first-order chi connectivity index (χ1) is 17.3. The number of nitrogens with zero attached hydrogens (tertiary/aromatic N) is 2. The average Bonchev–Trinajstić information content (AvgIpc) is 2.86. The zero-order valence-corrected chi connectivity index (χ0v) is 20.7. The number of para-hydroxylation sites is 1. The number of carbonyl (C=O) groups excluding carboxylic acids is 2. The molecule has 4 aromatic rings.